The Kier molecular flexibility index (Phi) is 7.89. The number of carbonyl (C=O) groups is 1. The maximum atomic E-state index is 12.3. The van der Waals surface area contributed by atoms with E-state index in [9.17, 15) is 15.2 Å². The zero-order chi connectivity index (χ0) is 29.5. The van der Waals surface area contributed by atoms with E-state index in [-0.39, 0.29) is 58.0 Å². The number of aliphatic hydroxyl groups is 1. The third-order valence-corrected chi connectivity index (χ3v) is 13.7. The van der Waals surface area contributed by atoms with Crippen LogP contribution < -0.4 is 5.32 Å². The van der Waals surface area contributed by atoms with Crippen LogP contribution in [0.5, 0.6) is 0 Å². The molecule has 0 radical (unpaired) electrons. The highest BCUT2D eigenvalue weighted by atomic mass is 17.1. The molecule has 7 nitrogen and oxygen atoms in total. The molecule has 1 aliphatic heterocycles. The molecule has 2 saturated carbocycles. The summed E-state index contributed by atoms with van der Waals surface area (Å²) in [6.07, 6.45) is 0.626. The van der Waals surface area contributed by atoms with Gasteiger partial charge < -0.3 is 19.9 Å². The predicted molar refractivity (Wildman–Crippen MR) is 152 cm³/mol. The molecule has 1 amide bonds. The molecule has 39 heavy (non-hydrogen) atoms. The number of fused-ring (bicyclic) bond motifs is 5. The Hall–Kier alpha value is -1.15. The van der Waals surface area contributed by atoms with Crippen LogP contribution in [-0.2, 0) is 14.4 Å². The second-order valence-corrected chi connectivity index (χ2v) is 14.9. The van der Waals surface area contributed by atoms with E-state index < -0.39 is 17.8 Å². The SMILES string of the molecule is COC(=O)NC(C)C(C)[C@H](OO)C1CC2(C)C(C)C3[C@]4(O)COC4CC(C)[C@@]3(C)C(C)C(C)C(=C1C)C2(C)C. The van der Waals surface area contributed by atoms with Gasteiger partial charge >= 0.3 is 6.09 Å². The lowest BCUT2D eigenvalue weighted by atomic mass is 9.36. The van der Waals surface area contributed by atoms with Crippen molar-refractivity contribution in [3.8, 4) is 0 Å². The second kappa shape index (κ2) is 9.99. The van der Waals surface area contributed by atoms with Gasteiger partial charge in [-0.1, -0.05) is 73.5 Å². The summed E-state index contributed by atoms with van der Waals surface area (Å²) in [5.74, 6) is 1.12. The van der Waals surface area contributed by atoms with Gasteiger partial charge in [-0.3, -0.25) is 5.26 Å². The van der Waals surface area contributed by atoms with Crippen molar-refractivity contribution in [2.75, 3.05) is 13.7 Å². The highest BCUT2D eigenvalue weighted by molar-refractivity contribution is 5.67. The average molecular weight is 550 g/mol. The summed E-state index contributed by atoms with van der Waals surface area (Å²) < 4.78 is 10.8. The zero-order valence-corrected chi connectivity index (χ0v) is 26.4. The van der Waals surface area contributed by atoms with E-state index in [2.05, 4.69) is 67.6 Å². The number of ether oxygens (including phenoxy) is 2. The molecule has 0 aromatic carbocycles. The first-order valence-corrected chi connectivity index (χ1v) is 15.1. The van der Waals surface area contributed by atoms with Crippen molar-refractivity contribution in [1.82, 2.24) is 5.32 Å². The Morgan fingerprint density at radius 1 is 1.10 bits per heavy atom. The maximum Gasteiger partial charge on any atom is 0.407 e. The Morgan fingerprint density at radius 2 is 1.72 bits per heavy atom. The Bertz CT molecular complexity index is 995. The van der Waals surface area contributed by atoms with Crippen molar-refractivity contribution in [3.63, 3.8) is 0 Å². The van der Waals surface area contributed by atoms with Crippen molar-refractivity contribution < 1.29 is 29.5 Å². The smallest absolute Gasteiger partial charge is 0.407 e. The van der Waals surface area contributed by atoms with Gasteiger partial charge in [-0.25, -0.2) is 9.68 Å². The Morgan fingerprint density at radius 3 is 2.23 bits per heavy atom. The molecule has 3 fully saturated rings. The number of alkyl carbamates (subject to hydrolysis) is 1. The lowest BCUT2D eigenvalue weighted by Gasteiger charge is -2.71. The summed E-state index contributed by atoms with van der Waals surface area (Å²) in [4.78, 5) is 17.3. The van der Waals surface area contributed by atoms with Gasteiger partial charge in [0.1, 0.15) is 11.7 Å². The Labute approximate surface area is 236 Å². The van der Waals surface area contributed by atoms with E-state index >= 15 is 0 Å². The third kappa shape index (κ3) is 4.07. The minimum absolute atomic E-state index is 0.0366. The molecule has 7 heteroatoms. The van der Waals surface area contributed by atoms with E-state index in [0.717, 1.165) is 12.8 Å². The highest BCUT2D eigenvalue weighted by Crippen LogP contribution is 2.72. The lowest BCUT2D eigenvalue weighted by Crippen LogP contribution is -2.75. The van der Waals surface area contributed by atoms with Gasteiger partial charge in [-0.2, -0.15) is 0 Å². The third-order valence-electron chi connectivity index (χ3n) is 13.7. The quantitative estimate of drug-likeness (QED) is 0.211. The number of rotatable bonds is 5. The average Bonchev–Trinajstić information content (AvgIpc) is 2.87. The fraction of sp³-hybridized carbons (Fsp3) is 0.906. The molecule has 2 bridgehead atoms. The van der Waals surface area contributed by atoms with Gasteiger partial charge in [0, 0.05) is 23.8 Å². The van der Waals surface area contributed by atoms with Crippen molar-refractivity contribution in [3.05, 3.63) is 11.1 Å². The molecule has 3 N–H and O–H groups in total. The molecule has 0 aromatic heterocycles. The fourth-order valence-corrected chi connectivity index (χ4v) is 10.3. The molecule has 0 aromatic rings. The van der Waals surface area contributed by atoms with Crippen LogP contribution in [-0.4, -0.2) is 54.0 Å². The molecule has 1 heterocycles. The zero-order valence-electron chi connectivity index (χ0n) is 26.4. The van der Waals surface area contributed by atoms with E-state index in [1.54, 1.807) is 0 Å². The van der Waals surface area contributed by atoms with Crippen molar-refractivity contribution in [2.24, 2.45) is 57.7 Å². The number of allylic oxidation sites excluding steroid dienone is 1. The van der Waals surface area contributed by atoms with Crippen LogP contribution >= 0.6 is 0 Å². The van der Waals surface area contributed by atoms with Crippen molar-refractivity contribution >= 4 is 6.09 Å². The summed E-state index contributed by atoms with van der Waals surface area (Å²) in [5.41, 5.74) is 1.58. The summed E-state index contributed by atoms with van der Waals surface area (Å²) in [6, 6.07) is -0.259. The largest absolute Gasteiger partial charge is 0.453 e. The number of carbonyl (C=O) groups excluding carboxylic acids is 1. The summed E-state index contributed by atoms with van der Waals surface area (Å²) in [6.45, 7) is 25.8. The molecule has 10 unspecified atom stereocenters. The first kappa shape index (κ1) is 30.8. The number of methoxy groups -OCH3 is 1. The van der Waals surface area contributed by atoms with Gasteiger partial charge in [0.15, 0.2) is 0 Å². The van der Waals surface area contributed by atoms with Crippen LogP contribution in [0.15, 0.2) is 11.1 Å². The fourth-order valence-electron chi connectivity index (χ4n) is 10.3. The molecule has 4 rings (SSSR count). The molecule has 3 aliphatic carbocycles. The van der Waals surface area contributed by atoms with Crippen LogP contribution in [0, 0.1) is 57.7 Å². The number of hydrogen-bond donors (Lipinski definition) is 3. The van der Waals surface area contributed by atoms with Gasteiger partial charge in [-0.15, -0.1) is 0 Å². The lowest BCUT2D eigenvalue weighted by molar-refractivity contribution is -0.339. The van der Waals surface area contributed by atoms with Crippen LogP contribution in [0.4, 0.5) is 4.79 Å². The standard InChI is InChI=1S/C32H55NO6/c1-16-13-24-32(35,15-38-24)27-21(6)30(10)14-23(26(39-36)18(3)22(7)33-28(34)37-12)19(4)25(29(30,8)9)17(2)20(5)31(16,27)11/h16-18,20-24,26-27,35-36H,13-15H2,1-12H3,(H,33,34)/t16?,17?,18?,20?,21?,22?,23?,24?,26-,27?,30?,31-,32-/m0/s1. The topological polar surface area (TPSA) is 97.3 Å². The molecule has 0 spiro atoms. The minimum atomic E-state index is -0.823. The van der Waals surface area contributed by atoms with E-state index in [1.807, 2.05) is 13.8 Å². The molecule has 224 valence electrons. The monoisotopic (exact) mass is 549 g/mol. The molecule has 4 aliphatic rings. The number of amides is 1. The van der Waals surface area contributed by atoms with E-state index in [0.29, 0.717) is 18.4 Å². The van der Waals surface area contributed by atoms with Gasteiger partial charge in [0.2, 0.25) is 0 Å². The summed E-state index contributed by atoms with van der Waals surface area (Å²) in [5, 5.41) is 25.5. The van der Waals surface area contributed by atoms with Crippen molar-refractivity contribution in [2.45, 2.75) is 113 Å². The van der Waals surface area contributed by atoms with Crippen molar-refractivity contribution in [1.29, 1.82) is 0 Å². The van der Waals surface area contributed by atoms with Gasteiger partial charge in [0.05, 0.1) is 19.8 Å². The highest BCUT2D eigenvalue weighted by Gasteiger charge is 2.71. The van der Waals surface area contributed by atoms with Gasteiger partial charge in [-0.05, 0) is 66.6 Å². The Balaban J connectivity index is 1.88. The normalized spacial score (nSPS) is 47.4. The summed E-state index contributed by atoms with van der Waals surface area (Å²) in [7, 11) is 1.36. The molecular weight excluding hydrogens is 494 g/mol. The number of nitrogens with one attached hydrogen (secondary N) is 1. The molecule has 13 atom stereocenters. The maximum absolute atomic E-state index is 12.3. The first-order valence-electron chi connectivity index (χ1n) is 15.1. The van der Waals surface area contributed by atoms with Crippen LogP contribution in [0.3, 0.4) is 0 Å². The van der Waals surface area contributed by atoms with Gasteiger partial charge in [0.25, 0.3) is 0 Å². The van der Waals surface area contributed by atoms with Crippen LogP contribution in [0.1, 0.15) is 89.0 Å². The molecular formula is C32H55NO6. The molecule has 1 saturated heterocycles. The first-order chi connectivity index (χ1) is 17.9. The van der Waals surface area contributed by atoms with Crippen LogP contribution in [0.2, 0.25) is 0 Å². The number of hydrogen-bond acceptors (Lipinski definition) is 6. The predicted octanol–water partition coefficient (Wildman–Crippen LogP) is 6.31. The van der Waals surface area contributed by atoms with E-state index in [1.165, 1.54) is 18.3 Å². The second-order valence-electron chi connectivity index (χ2n) is 14.9. The van der Waals surface area contributed by atoms with E-state index in [4.69, 9.17) is 14.4 Å². The van der Waals surface area contributed by atoms with Crippen LogP contribution in [0.25, 0.3) is 0 Å². The minimum Gasteiger partial charge on any atom is -0.453 e. The summed E-state index contributed by atoms with van der Waals surface area (Å²) >= 11 is 0.